The molecule has 0 fully saturated rings. The van der Waals surface area contributed by atoms with Crippen LogP contribution in [0.25, 0.3) is 33.2 Å². The minimum absolute atomic E-state index is 1.03. The van der Waals surface area contributed by atoms with Gasteiger partial charge in [-0.15, -0.1) is 0 Å². The number of rotatable bonds is 5. The molecule has 0 unspecified atom stereocenters. The first-order valence-electron chi connectivity index (χ1n) is 21.9. The zero-order valence-electron chi connectivity index (χ0n) is 38.3. The molecule has 0 spiro atoms. The van der Waals surface area contributed by atoms with Crippen molar-refractivity contribution in [2.45, 2.75) is 68.7 Å². The Kier molecular flexibility index (Phi) is 15.6. The van der Waals surface area contributed by atoms with Gasteiger partial charge in [0.2, 0.25) is 0 Å². The molecule has 0 amide bonds. The van der Waals surface area contributed by atoms with E-state index in [1.165, 1.54) is 105 Å². The molecule has 62 heavy (non-hydrogen) atoms. The van der Waals surface area contributed by atoms with E-state index in [1.807, 2.05) is 0 Å². The van der Waals surface area contributed by atoms with E-state index in [1.54, 1.807) is 0 Å². The van der Waals surface area contributed by atoms with Gasteiger partial charge in [-0.2, -0.15) is 0 Å². The van der Waals surface area contributed by atoms with Crippen LogP contribution in [0.5, 0.6) is 0 Å². The summed E-state index contributed by atoms with van der Waals surface area (Å²) >= 11 is 0. The fraction of sp³-hybridized carbons (Fsp3) is 0.161. The van der Waals surface area contributed by atoms with E-state index >= 15 is 0 Å². The van der Waals surface area contributed by atoms with Gasteiger partial charge in [-0.1, -0.05) is 216 Å². The second-order valence-electron chi connectivity index (χ2n) is 16.7. The maximum atomic E-state index is 2.30. The lowest BCUT2D eigenvalue weighted by Gasteiger charge is -2.11. The van der Waals surface area contributed by atoms with Crippen molar-refractivity contribution in [2.24, 2.45) is 0 Å². The number of benzene rings is 9. The summed E-state index contributed by atoms with van der Waals surface area (Å²) in [5.74, 6) is 0. The van der Waals surface area contributed by atoms with Gasteiger partial charge in [0.05, 0.1) is 0 Å². The molecule has 0 atom stereocenters. The summed E-state index contributed by atoms with van der Waals surface area (Å²) in [5.41, 5.74) is 19.8. The molecule has 0 saturated carbocycles. The highest BCUT2D eigenvalue weighted by Crippen LogP contribution is 2.32. The van der Waals surface area contributed by atoms with E-state index in [4.69, 9.17) is 0 Å². The van der Waals surface area contributed by atoms with Crippen molar-refractivity contribution >= 4 is 33.2 Å². The Balaban J connectivity index is 0.000000146. The van der Waals surface area contributed by atoms with Crippen molar-refractivity contribution in [3.63, 3.8) is 0 Å². The van der Waals surface area contributed by atoms with Gasteiger partial charge in [-0.05, 0) is 158 Å². The topological polar surface area (TPSA) is 0 Å². The average molecular weight is 807 g/mol. The highest BCUT2D eigenvalue weighted by Gasteiger charge is 2.08. The Hall–Kier alpha value is -6.76. The molecule has 0 bridgehead atoms. The molecule has 0 heteroatoms. The monoisotopic (exact) mass is 806 g/mol. The Bertz CT molecular complexity index is 2620. The smallest absolute Gasteiger partial charge is 0.00258 e. The minimum atomic E-state index is 1.03. The van der Waals surface area contributed by atoms with Gasteiger partial charge < -0.3 is 0 Å². The third-order valence-corrected chi connectivity index (χ3v) is 11.8. The second kappa shape index (κ2) is 21.7. The highest BCUT2D eigenvalue weighted by molar-refractivity contribution is 6.05. The fourth-order valence-electron chi connectivity index (χ4n) is 7.58. The molecule has 9 aromatic rings. The van der Waals surface area contributed by atoms with Crippen molar-refractivity contribution in [1.29, 1.82) is 0 Å². The van der Waals surface area contributed by atoms with Crippen LogP contribution in [0.15, 0.2) is 194 Å². The Morgan fingerprint density at radius 1 is 0.306 bits per heavy atom. The predicted octanol–water partition coefficient (Wildman–Crippen LogP) is 17.0. The summed E-state index contributed by atoms with van der Waals surface area (Å²) in [6, 6.07) is 69.2. The van der Waals surface area contributed by atoms with Crippen LogP contribution >= 0.6 is 0 Å². The number of hydrogen-bond acceptors (Lipinski definition) is 0. The van der Waals surface area contributed by atoms with Crippen molar-refractivity contribution in [2.75, 3.05) is 0 Å². The van der Waals surface area contributed by atoms with E-state index in [0.717, 1.165) is 6.42 Å². The van der Waals surface area contributed by atoms with Gasteiger partial charge in [-0.25, -0.2) is 0 Å². The first-order chi connectivity index (χ1) is 30.0. The lowest BCUT2D eigenvalue weighted by Crippen LogP contribution is -1.90. The lowest BCUT2D eigenvalue weighted by molar-refractivity contribution is 1.18. The summed E-state index contributed by atoms with van der Waals surface area (Å²) in [5, 5.41) is 5.50. The van der Waals surface area contributed by atoms with Crippen LogP contribution in [-0.2, 0) is 6.42 Å². The molecule has 0 aliphatic rings. The Labute approximate surface area is 372 Å². The molecule has 0 aliphatic carbocycles. The third kappa shape index (κ3) is 12.2. The number of hydrogen-bond donors (Lipinski definition) is 0. The van der Waals surface area contributed by atoms with Crippen LogP contribution in [0.4, 0.5) is 0 Å². The largest absolute Gasteiger partial charge is 0.0620 e. The van der Waals surface area contributed by atoms with Crippen LogP contribution in [-0.4, -0.2) is 0 Å². The van der Waals surface area contributed by atoms with Crippen molar-refractivity contribution < 1.29 is 0 Å². The Morgan fingerprint density at radius 3 is 0.919 bits per heavy atom. The minimum Gasteiger partial charge on any atom is -0.0620 e. The molecule has 0 heterocycles. The van der Waals surface area contributed by atoms with Crippen LogP contribution in [0.2, 0.25) is 0 Å². The quantitative estimate of drug-likeness (QED) is 0.120. The van der Waals surface area contributed by atoms with Crippen molar-refractivity contribution in [1.82, 2.24) is 0 Å². The van der Waals surface area contributed by atoms with E-state index in [-0.39, 0.29) is 0 Å². The van der Waals surface area contributed by atoms with Gasteiger partial charge in [-0.3, -0.25) is 0 Å². The summed E-state index contributed by atoms with van der Waals surface area (Å²) in [6.45, 7) is 19.3. The normalized spacial score (nSPS) is 10.4. The van der Waals surface area contributed by atoms with E-state index in [0.29, 0.717) is 0 Å². The Morgan fingerprint density at radius 2 is 0.597 bits per heavy atom. The first-order valence-corrected chi connectivity index (χ1v) is 21.9. The summed E-state index contributed by atoms with van der Waals surface area (Å²) in [4.78, 5) is 0. The number of aryl methyl sites for hydroxylation is 9. The molecule has 310 valence electrons. The van der Waals surface area contributed by atoms with Crippen molar-refractivity contribution in [3.8, 4) is 0 Å². The zero-order chi connectivity index (χ0) is 44.0. The van der Waals surface area contributed by atoms with E-state index < -0.39 is 0 Å². The lowest BCUT2D eigenvalue weighted by atomic mass is 9.93. The summed E-state index contributed by atoms with van der Waals surface area (Å²) < 4.78 is 0. The van der Waals surface area contributed by atoms with Gasteiger partial charge in [0.15, 0.2) is 0 Å². The van der Waals surface area contributed by atoms with Gasteiger partial charge in [0.25, 0.3) is 0 Å². The van der Waals surface area contributed by atoms with Gasteiger partial charge in [0.1, 0.15) is 0 Å². The molecular formula is C62H62. The molecular weight excluding hydrogens is 745 g/mol. The highest BCUT2D eigenvalue weighted by atomic mass is 14.1. The summed E-state index contributed by atoms with van der Waals surface area (Å²) in [6.07, 6.45) is 3.32. The summed E-state index contributed by atoms with van der Waals surface area (Å²) in [7, 11) is 0. The van der Waals surface area contributed by atoms with Gasteiger partial charge in [0, 0.05) is 0 Å². The second-order valence-corrected chi connectivity index (χ2v) is 16.7. The number of fused-ring (bicyclic) bond motifs is 2. The molecule has 9 aromatic carbocycles. The van der Waals surface area contributed by atoms with E-state index in [2.05, 4.69) is 263 Å². The predicted molar refractivity (Wildman–Crippen MR) is 273 cm³/mol. The SMILES string of the molecule is Cc1c2ccccc2c(C)c2ccccc12.Cc1ccc(C(=Cc2ccccc2C)c2ccc(C)cc2)cc1.Cc1ccc(Cc2ccc(C)cc2)cc1.Cc1ccccc1C. The van der Waals surface area contributed by atoms with Crippen LogP contribution in [0, 0.1) is 62.3 Å². The van der Waals surface area contributed by atoms with Gasteiger partial charge >= 0.3 is 0 Å². The van der Waals surface area contributed by atoms with Crippen molar-refractivity contribution in [3.05, 3.63) is 272 Å². The third-order valence-electron chi connectivity index (χ3n) is 11.8. The maximum Gasteiger partial charge on any atom is -0.00258 e. The molecule has 0 aliphatic heterocycles. The fourth-order valence-corrected chi connectivity index (χ4v) is 7.58. The maximum absolute atomic E-state index is 2.30. The standard InChI is InChI=1S/C23H22.C16H14.C15H16.C8H10/c1-17-8-12-20(13-9-17)23(21-14-10-18(2)11-15-21)16-22-7-5-4-6-19(22)3;1-11-13-7-3-5-9-15(13)12(2)16-10-6-4-8-14(11)16;1-12-3-7-14(8-4-12)11-15-9-5-13(2)6-10-15;1-7-5-3-4-6-8(7)2/h4-16H,1-3H3;3-10H,1-2H3;3-10H,11H2,1-2H3;3-6H,1-2H3. The van der Waals surface area contributed by atoms with Crippen LogP contribution in [0.3, 0.4) is 0 Å². The van der Waals surface area contributed by atoms with Crippen LogP contribution in [0.1, 0.15) is 77.9 Å². The molecule has 0 saturated heterocycles. The molecule has 0 radical (unpaired) electrons. The molecule has 0 N–H and O–H groups in total. The van der Waals surface area contributed by atoms with E-state index in [9.17, 15) is 0 Å². The molecule has 0 nitrogen and oxygen atoms in total. The molecule has 9 rings (SSSR count). The first kappa shape index (κ1) is 44.8. The van der Waals surface area contributed by atoms with Crippen LogP contribution < -0.4 is 0 Å². The molecule has 0 aromatic heterocycles. The average Bonchev–Trinajstić information content (AvgIpc) is 3.29. The zero-order valence-corrected chi connectivity index (χ0v) is 38.3.